The van der Waals surface area contributed by atoms with Crippen LogP contribution in [0.2, 0.25) is 0 Å². The maximum absolute atomic E-state index is 9.52. The number of anilines is 2. The summed E-state index contributed by atoms with van der Waals surface area (Å²) in [4.78, 5) is 8.72. The number of nitrogens with zero attached hydrogens (tertiary/aromatic N) is 2. The predicted octanol–water partition coefficient (Wildman–Crippen LogP) is 2.68. The molecule has 118 valence electrons. The summed E-state index contributed by atoms with van der Waals surface area (Å²) < 4.78 is 0. The third-order valence-electron chi connectivity index (χ3n) is 4.51. The van der Waals surface area contributed by atoms with Gasteiger partial charge in [-0.3, -0.25) is 0 Å². The van der Waals surface area contributed by atoms with Gasteiger partial charge in [0.2, 0.25) is 0 Å². The Hall–Kier alpha value is -1.36. The monoisotopic (exact) mass is 292 g/mol. The van der Waals surface area contributed by atoms with Crippen LogP contribution in [0.1, 0.15) is 44.6 Å². The Kier molecular flexibility index (Phi) is 6.23. The van der Waals surface area contributed by atoms with Gasteiger partial charge in [-0.05, 0) is 31.1 Å². The molecule has 2 rings (SSSR count). The molecular weight excluding hydrogens is 264 g/mol. The summed E-state index contributed by atoms with van der Waals surface area (Å²) in [7, 11) is 1.90. The lowest BCUT2D eigenvalue weighted by molar-refractivity contribution is 0.141. The second-order valence-corrected chi connectivity index (χ2v) is 5.92. The van der Waals surface area contributed by atoms with E-state index in [4.69, 9.17) is 0 Å². The highest BCUT2D eigenvalue weighted by Crippen LogP contribution is 2.30. The van der Waals surface area contributed by atoms with Crippen molar-refractivity contribution < 1.29 is 5.11 Å². The van der Waals surface area contributed by atoms with Crippen LogP contribution in [0.15, 0.2) is 6.33 Å². The second kappa shape index (κ2) is 8.17. The SMILES string of the molecule is CCCc1c(NC)ncnc1NCC1CCCCC1CO. The highest BCUT2D eigenvalue weighted by atomic mass is 16.3. The van der Waals surface area contributed by atoms with Crippen molar-refractivity contribution in [2.45, 2.75) is 45.4 Å². The number of rotatable bonds is 7. The molecule has 1 aliphatic carbocycles. The first-order valence-electron chi connectivity index (χ1n) is 8.16. The van der Waals surface area contributed by atoms with Gasteiger partial charge >= 0.3 is 0 Å². The molecule has 1 saturated carbocycles. The minimum atomic E-state index is 0.305. The molecule has 0 spiro atoms. The number of aromatic nitrogens is 2. The van der Waals surface area contributed by atoms with Crippen LogP contribution in [-0.2, 0) is 6.42 Å². The summed E-state index contributed by atoms with van der Waals surface area (Å²) in [5.41, 5.74) is 1.17. The number of nitrogens with one attached hydrogen (secondary N) is 2. The van der Waals surface area contributed by atoms with Crippen molar-refractivity contribution in [3.05, 3.63) is 11.9 Å². The molecule has 0 radical (unpaired) electrons. The van der Waals surface area contributed by atoms with E-state index < -0.39 is 0 Å². The van der Waals surface area contributed by atoms with E-state index in [-0.39, 0.29) is 0 Å². The summed E-state index contributed by atoms with van der Waals surface area (Å²) >= 11 is 0. The fourth-order valence-electron chi connectivity index (χ4n) is 3.29. The molecule has 1 heterocycles. The van der Waals surface area contributed by atoms with Gasteiger partial charge in [-0.1, -0.05) is 26.2 Å². The molecule has 1 aromatic rings. The van der Waals surface area contributed by atoms with E-state index in [1.165, 1.54) is 24.8 Å². The lowest BCUT2D eigenvalue weighted by Crippen LogP contribution is -2.29. The zero-order chi connectivity index (χ0) is 15.1. The van der Waals surface area contributed by atoms with E-state index in [2.05, 4.69) is 27.5 Å². The fourth-order valence-corrected chi connectivity index (χ4v) is 3.29. The molecule has 1 fully saturated rings. The van der Waals surface area contributed by atoms with Crippen molar-refractivity contribution in [2.75, 3.05) is 30.8 Å². The Morgan fingerprint density at radius 2 is 1.90 bits per heavy atom. The van der Waals surface area contributed by atoms with Gasteiger partial charge < -0.3 is 15.7 Å². The molecule has 5 heteroatoms. The fraction of sp³-hybridized carbons (Fsp3) is 0.750. The van der Waals surface area contributed by atoms with Gasteiger partial charge in [0.15, 0.2) is 0 Å². The zero-order valence-electron chi connectivity index (χ0n) is 13.2. The van der Waals surface area contributed by atoms with Gasteiger partial charge in [-0.2, -0.15) is 0 Å². The zero-order valence-corrected chi connectivity index (χ0v) is 13.2. The summed E-state index contributed by atoms with van der Waals surface area (Å²) in [5.74, 6) is 2.84. The van der Waals surface area contributed by atoms with Crippen LogP contribution in [0.5, 0.6) is 0 Å². The molecular formula is C16H28N4O. The summed E-state index contributed by atoms with van der Waals surface area (Å²) in [5, 5.41) is 16.2. The molecule has 1 aliphatic rings. The first-order chi connectivity index (χ1) is 10.3. The van der Waals surface area contributed by atoms with E-state index in [9.17, 15) is 5.11 Å². The van der Waals surface area contributed by atoms with Gasteiger partial charge in [-0.15, -0.1) is 0 Å². The Bertz CT molecular complexity index is 438. The summed E-state index contributed by atoms with van der Waals surface area (Å²) in [6.45, 7) is 3.36. The van der Waals surface area contributed by atoms with Crippen LogP contribution < -0.4 is 10.6 Å². The van der Waals surface area contributed by atoms with Crippen molar-refractivity contribution >= 4 is 11.6 Å². The van der Waals surface area contributed by atoms with Crippen LogP contribution in [0.4, 0.5) is 11.6 Å². The Morgan fingerprint density at radius 3 is 2.57 bits per heavy atom. The highest BCUT2D eigenvalue weighted by Gasteiger charge is 2.24. The average Bonchev–Trinajstić information content (AvgIpc) is 2.54. The normalized spacial score (nSPS) is 22.0. The van der Waals surface area contributed by atoms with E-state index in [1.54, 1.807) is 6.33 Å². The molecule has 3 N–H and O–H groups in total. The maximum Gasteiger partial charge on any atom is 0.134 e. The van der Waals surface area contributed by atoms with E-state index in [1.807, 2.05) is 7.05 Å². The van der Waals surface area contributed by atoms with E-state index >= 15 is 0 Å². The van der Waals surface area contributed by atoms with Crippen LogP contribution in [0, 0.1) is 11.8 Å². The molecule has 0 amide bonds. The van der Waals surface area contributed by atoms with Crippen molar-refractivity contribution in [3.8, 4) is 0 Å². The predicted molar refractivity (Wildman–Crippen MR) is 86.6 cm³/mol. The van der Waals surface area contributed by atoms with Crippen LogP contribution in [0.3, 0.4) is 0 Å². The molecule has 0 aliphatic heterocycles. The average molecular weight is 292 g/mol. The Morgan fingerprint density at radius 1 is 1.19 bits per heavy atom. The molecule has 1 aromatic heterocycles. The van der Waals surface area contributed by atoms with Crippen molar-refractivity contribution in [2.24, 2.45) is 11.8 Å². The maximum atomic E-state index is 9.52. The first-order valence-corrected chi connectivity index (χ1v) is 8.16. The molecule has 2 unspecified atom stereocenters. The standard InChI is InChI=1S/C16H28N4O/c1-3-6-14-15(17-2)19-11-20-16(14)18-9-12-7-4-5-8-13(12)10-21/h11-13,21H,3-10H2,1-2H3,(H2,17,18,19,20). The number of hydrogen-bond acceptors (Lipinski definition) is 5. The number of aliphatic hydroxyl groups excluding tert-OH is 1. The molecule has 2 atom stereocenters. The smallest absolute Gasteiger partial charge is 0.134 e. The van der Waals surface area contributed by atoms with Crippen LogP contribution >= 0.6 is 0 Å². The molecule has 5 nitrogen and oxygen atoms in total. The third-order valence-corrected chi connectivity index (χ3v) is 4.51. The summed E-state index contributed by atoms with van der Waals surface area (Å²) in [6.07, 6.45) is 8.52. The van der Waals surface area contributed by atoms with Crippen molar-refractivity contribution in [1.82, 2.24) is 9.97 Å². The van der Waals surface area contributed by atoms with E-state index in [0.29, 0.717) is 18.4 Å². The van der Waals surface area contributed by atoms with Gasteiger partial charge in [0, 0.05) is 25.8 Å². The van der Waals surface area contributed by atoms with Crippen molar-refractivity contribution in [1.29, 1.82) is 0 Å². The topological polar surface area (TPSA) is 70.1 Å². The highest BCUT2D eigenvalue weighted by molar-refractivity contribution is 5.57. The lowest BCUT2D eigenvalue weighted by atomic mass is 9.79. The minimum absolute atomic E-state index is 0.305. The van der Waals surface area contributed by atoms with Crippen molar-refractivity contribution in [3.63, 3.8) is 0 Å². The van der Waals surface area contributed by atoms with Crippen LogP contribution in [-0.4, -0.2) is 35.3 Å². The minimum Gasteiger partial charge on any atom is -0.396 e. The third kappa shape index (κ3) is 4.06. The first kappa shape index (κ1) is 16.0. The van der Waals surface area contributed by atoms with E-state index in [0.717, 1.165) is 37.4 Å². The molecule has 0 bridgehead atoms. The molecule has 0 saturated heterocycles. The lowest BCUT2D eigenvalue weighted by Gasteiger charge is -2.30. The van der Waals surface area contributed by atoms with Gasteiger partial charge in [0.1, 0.15) is 18.0 Å². The number of hydrogen-bond donors (Lipinski definition) is 3. The molecule has 0 aromatic carbocycles. The van der Waals surface area contributed by atoms with Gasteiger partial charge in [-0.25, -0.2) is 9.97 Å². The van der Waals surface area contributed by atoms with Crippen LogP contribution in [0.25, 0.3) is 0 Å². The number of aliphatic hydroxyl groups is 1. The molecule has 21 heavy (non-hydrogen) atoms. The second-order valence-electron chi connectivity index (χ2n) is 5.92. The van der Waals surface area contributed by atoms with Gasteiger partial charge in [0.25, 0.3) is 0 Å². The Labute approximate surface area is 127 Å². The summed E-state index contributed by atoms with van der Waals surface area (Å²) in [6, 6.07) is 0. The quantitative estimate of drug-likeness (QED) is 0.721. The Balaban J connectivity index is 2.04. The van der Waals surface area contributed by atoms with Gasteiger partial charge in [0.05, 0.1) is 0 Å². The largest absolute Gasteiger partial charge is 0.396 e.